The predicted octanol–water partition coefficient (Wildman–Crippen LogP) is 12.0. The molecule has 0 aliphatic carbocycles. The maximum atomic E-state index is 13.0. The van der Waals surface area contributed by atoms with Crippen LogP contribution >= 0.6 is 0 Å². The Hall–Kier alpha value is -10.9. The van der Waals surface area contributed by atoms with Gasteiger partial charge in [0.05, 0.1) is 35.0 Å². The number of pyridine rings is 4. The number of esters is 1. The van der Waals surface area contributed by atoms with Gasteiger partial charge in [0.15, 0.2) is 78.9 Å². The maximum Gasteiger partial charge on any atom is 0.378 e. The fraction of sp³-hybridized carbons (Fsp3) is 0.148. The van der Waals surface area contributed by atoms with Gasteiger partial charge in [-0.1, -0.05) is 24.3 Å². The molecule has 84 heavy (non-hydrogen) atoms. The fourth-order valence-electron chi connectivity index (χ4n) is 8.23. The highest BCUT2D eigenvalue weighted by atomic mass is 19.1. The van der Waals surface area contributed by atoms with Gasteiger partial charge in [-0.15, -0.1) is 0 Å². The second kappa shape index (κ2) is 26.1. The number of ketones is 2. The summed E-state index contributed by atoms with van der Waals surface area (Å²) in [6, 6.07) is 32.2. The van der Waals surface area contributed by atoms with E-state index >= 15 is 0 Å². The van der Waals surface area contributed by atoms with Crippen LogP contribution in [0.5, 0.6) is 23.0 Å². The molecule has 1 N–H and O–H groups in total. The highest BCUT2D eigenvalue weighted by Crippen LogP contribution is 2.36. The van der Waals surface area contributed by atoms with Crippen LogP contribution in [0, 0.1) is 11.6 Å². The van der Waals surface area contributed by atoms with Gasteiger partial charge in [0.2, 0.25) is 17.3 Å². The highest BCUT2D eigenvalue weighted by molar-refractivity contribution is 6.11. The first kappa shape index (κ1) is 57.7. The van der Waals surface area contributed by atoms with E-state index in [-0.39, 0.29) is 69.8 Å². The Morgan fingerprint density at radius 2 is 0.869 bits per heavy atom. The molecular weight excluding hydrogens is 1100 g/mol. The summed E-state index contributed by atoms with van der Waals surface area (Å²) in [7, 11) is 7.26. The Labute approximate surface area is 474 Å². The fourth-order valence-corrected chi connectivity index (χ4v) is 8.23. The first-order valence-corrected chi connectivity index (χ1v) is 25.3. The molecule has 10 heterocycles. The lowest BCUT2D eigenvalue weighted by Gasteiger charge is -2.11. The number of hydrogen-bond acceptors (Lipinski definition) is 20. The number of fused-ring (bicyclic) bond motifs is 4. The average molecular weight is 1150 g/mol. The van der Waals surface area contributed by atoms with Crippen molar-refractivity contribution in [3.8, 4) is 23.0 Å². The van der Waals surface area contributed by atoms with E-state index in [0.717, 1.165) is 16.2 Å². The van der Waals surface area contributed by atoms with Crippen LogP contribution in [-0.2, 0) is 22.4 Å². The van der Waals surface area contributed by atoms with Crippen LogP contribution in [0.3, 0.4) is 0 Å². The van der Waals surface area contributed by atoms with Crippen LogP contribution in [-0.4, -0.2) is 95.6 Å². The van der Waals surface area contributed by atoms with Crippen molar-refractivity contribution in [2.75, 3.05) is 42.1 Å². The zero-order valence-corrected chi connectivity index (χ0v) is 45.5. The molecule has 0 saturated heterocycles. The molecule has 428 valence electrons. The number of halogens is 2. The van der Waals surface area contributed by atoms with E-state index in [0.29, 0.717) is 74.7 Å². The molecule has 1 amide bonds. The van der Waals surface area contributed by atoms with Crippen LogP contribution in [0.1, 0.15) is 83.3 Å². The smallest absolute Gasteiger partial charge is 0.378 e. The van der Waals surface area contributed by atoms with Gasteiger partial charge >= 0.3 is 11.9 Å². The second-order valence-electron chi connectivity index (χ2n) is 17.6. The third-order valence-electron chi connectivity index (χ3n) is 12.2. The Kier molecular flexibility index (Phi) is 17.9. The summed E-state index contributed by atoms with van der Waals surface area (Å²) in [5.74, 6) is -0.692. The highest BCUT2D eigenvalue weighted by Gasteiger charge is 2.29. The molecule has 21 nitrogen and oxygen atoms in total. The number of carbonyl (C=O) groups is 4. The van der Waals surface area contributed by atoms with Crippen molar-refractivity contribution in [1.29, 1.82) is 0 Å². The number of hydrogen-bond donors (Lipinski definition) is 1. The van der Waals surface area contributed by atoms with Crippen molar-refractivity contribution in [2.24, 2.45) is 0 Å². The molecule has 12 aromatic rings. The standard InChI is InChI=1S/C20H14FNO4.C19H12FNO4.C11H12N2O4.C11H11NO4/c1-24-19-17-15(3-2-10-22-17)26-20(19)18(23)16-9-8-14(25-16)11-12-4-6-13(21)7-5-12;20-12-5-3-11(4-6-12)10-13-7-8-15(24-13)17(22)19-18(23)16-14(25-19)2-1-9-21-16;1-13(16-3)11(14)10-9(15-2)8-7(17-10)5-4-6-12-8;1-3-15-11(13)10-9(14-2)8-7(16-10)5-4-6-12-8/h2-10H,11H2,1H3;1-9,23H,10H2;4-6H,1-3H3;4-6H,3H2,1-2H3. The molecule has 0 atom stereocenters. The van der Waals surface area contributed by atoms with Crippen LogP contribution in [0.15, 0.2) is 173 Å². The maximum absolute atomic E-state index is 13.0. The Morgan fingerprint density at radius 1 is 0.488 bits per heavy atom. The molecule has 0 radical (unpaired) electrons. The van der Waals surface area contributed by atoms with Crippen molar-refractivity contribution >= 4 is 67.8 Å². The second-order valence-corrected chi connectivity index (χ2v) is 17.6. The molecule has 0 spiro atoms. The van der Waals surface area contributed by atoms with Gasteiger partial charge in [-0.25, -0.2) is 38.6 Å². The van der Waals surface area contributed by atoms with Crippen molar-refractivity contribution in [1.82, 2.24) is 25.0 Å². The minimum absolute atomic E-state index is 0.0453. The zero-order chi connectivity index (χ0) is 59.4. The molecule has 0 saturated carbocycles. The third kappa shape index (κ3) is 12.6. The molecule has 12 rings (SSSR count). The number of carbonyl (C=O) groups excluding carboxylic acids is 4. The molecule has 0 aliphatic heterocycles. The molecule has 0 bridgehead atoms. The van der Waals surface area contributed by atoms with E-state index in [4.69, 9.17) is 50.3 Å². The molecule has 2 aromatic carbocycles. The van der Waals surface area contributed by atoms with Gasteiger partial charge in [-0.2, -0.15) is 0 Å². The number of furan rings is 6. The van der Waals surface area contributed by atoms with Crippen LogP contribution in [0.4, 0.5) is 8.78 Å². The van der Waals surface area contributed by atoms with Gasteiger partial charge in [-0.05, 0) is 115 Å². The lowest BCUT2D eigenvalue weighted by molar-refractivity contribution is -0.0774. The van der Waals surface area contributed by atoms with Gasteiger partial charge in [0, 0.05) is 44.7 Å². The summed E-state index contributed by atoms with van der Waals surface area (Å²) < 4.78 is 79.3. The number of benzene rings is 2. The van der Waals surface area contributed by atoms with E-state index in [1.807, 2.05) is 0 Å². The number of aromatic nitrogens is 4. The number of amides is 1. The van der Waals surface area contributed by atoms with E-state index in [1.54, 1.807) is 117 Å². The Morgan fingerprint density at radius 3 is 1.30 bits per heavy atom. The lowest BCUT2D eigenvalue weighted by Crippen LogP contribution is -2.25. The largest absolute Gasteiger partial charge is 0.503 e. The summed E-state index contributed by atoms with van der Waals surface area (Å²) in [6.45, 7) is 2.01. The number of rotatable bonds is 15. The topological polar surface area (TPSA) is 268 Å². The molecule has 10 aromatic heterocycles. The van der Waals surface area contributed by atoms with Gasteiger partial charge in [-0.3, -0.25) is 19.2 Å². The van der Waals surface area contributed by atoms with Crippen molar-refractivity contribution < 1.29 is 83.4 Å². The lowest BCUT2D eigenvalue weighted by atomic mass is 10.1. The summed E-state index contributed by atoms with van der Waals surface area (Å²) >= 11 is 0. The number of hydroxylamine groups is 2. The van der Waals surface area contributed by atoms with Crippen molar-refractivity contribution in [3.63, 3.8) is 0 Å². The number of aromatic hydroxyl groups is 1. The van der Waals surface area contributed by atoms with E-state index in [1.165, 1.54) is 72.0 Å². The normalized spacial score (nSPS) is 10.8. The first-order valence-electron chi connectivity index (χ1n) is 25.3. The monoisotopic (exact) mass is 1150 g/mol. The molecule has 0 fully saturated rings. The molecular formula is C61H49F2N5O16. The van der Waals surface area contributed by atoms with Crippen molar-refractivity contribution in [2.45, 2.75) is 19.8 Å². The number of ether oxygens (including phenoxy) is 4. The molecule has 23 heteroatoms. The summed E-state index contributed by atoms with van der Waals surface area (Å²) in [5, 5.41) is 11.2. The minimum Gasteiger partial charge on any atom is -0.503 e. The van der Waals surface area contributed by atoms with Crippen LogP contribution in [0.2, 0.25) is 0 Å². The van der Waals surface area contributed by atoms with E-state index in [9.17, 15) is 33.1 Å². The Balaban J connectivity index is 0.000000137. The minimum atomic E-state index is -0.569. The summed E-state index contributed by atoms with van der Waals surface area (Å²) in [6.07, 6.45) is 7.18. The predicted molar refractivity (Wildman–Crippen MR) is 295 cm³/mol. The number of nitrogens with zero attached hydrogens (tertiary/aromatic N) is 5. The summed E-state index contributed by atoms with van der Waals surface area (Å²) in [4.78, 5) is 70.0. The van der Waals surface area contributed by atoms with Crippen LogP contribution < -0.4 is 14.2 Å². The SMILES string of the molecule is CCOC(=O)c1oc2cccnc2c1OC.COc1c(C(=O)N(C)OC)oc2cccnc12.COc1c(C(=O)c2ccc(Cc3ccc(F)cc3)o2)oc2cccnc12.O=C(c1ccc(Cc2ccc(F)cc2)o1)c1oc2cccnc2c1O. The first-order chi connectivity index (χ1) is 40.7. The summed E-state index contributed by atoms with van der Waals surface area (Å²) in [5.41, 5.74) is 5.26. The molecule has 0 unspecified atom stereocenters. The van der Waals surface area contributed by atoms with Crippen LogP contribution in [0.25, 0.3) is 44.4 Å². The number of methoxy groups -OCH3 is 3. The zero-order valence-electron chi connectivity index (χ0n) is 45.5. The average Bonchev–Trinajstić information content (AvgIpc) is 4.19. The van der Waals surface area contributed by atoms with E-state index < -0.39 is 23.4 Å². The van der Waals surface area contributed by atoms with Gasteiger partial charge in [0.1, 0.15) is 23.2 Å². The Bertz CT molecular complexity index is 4270. The molecule has 0 aliphatic rings. The van der Waals surface area contributed by atoms with Crippen molar-refractivity contribution in [3.05, 3.63) is 215 Å². The van der Waals surface area contributed by atoms with E-state index in [2.05, 4.69) is 19.9 Å². The van der Waals surface area contributed by atoms with Gasteiger partial charge < -0.3 is 50.6 Å². The quantitative estimate of drug-likeness (QED) is 0.0567. The third-order valence-corrected chi connectivity index (χ3v) is 12.2. The van der Waals surface area contributed by atoms with Gasteiger partial charge in [0.25, 0.3) is 17.3 Å².